The summed E-state index contributed by atoms with van der Waals surface area (Å²) in [6.07, 6.45) is 2.67. The SMILES string of the molecule is NC(=O)C[C@@H](c1ccc(F)cc1)C1CC1. The Kier molecular flexibility index (Phi) is 2.71. The molecule has 1 aliphatic rings. The number of halogens is 1. The average molecular weight is 207 g/mol. The van der Waals surface area contributed by atoms with Gasteiger partial charge in [0.2, 0.25) is 5.91 Å². The summed E-state index contributed by atoms with van der Waals surface area (Å²) in [6.45, 7) is 0. The monoisotopic (exact) mass is 207 g/mol. The van der Waals surface area contributed by atoms with Crippen LogP contribution in [0.1, 0.15) is 30.7 Å². The van der Waals surface area contributed by atoms with E-state index < -0.39 is 0 Å². The molecule has 80 valence electrons. The lowest BCUT2D eigenvalue weighted by atomic mass is 9.91. The van der Waals surface area contributed by atoms with Crippen LogP contribution < -0.4 is 5.73 Å². The highest BCUT2D eigenvalue weighted by Gasteiger charge is 2.33. The van der Waals surface area contributed by atoms with Crippen LogP contribution in [0, 0.1) is 11.7 Å². The van der Waals surface area contributed by atoms with Gasteiger partial charge in [-0.2, -0.15) is 0 Å². The normalized spacial score (nSPS) is 17.4. The zero-order valence-corrected chi connectivity index (χ0v) is 8.45. The van der Waals surface area contributed by atoms with E-state index in [0.29, 0.717) is 12.3 Å². The van der Waals surface area contributed by atoms with Crippen LogP contribution in [-0.4, -0.2) is 5.91 Å². The number of hydrogen-bond acceptors (Lipinski definition) is 1. The van der Waals surface area contributed by atoms with Gasteiger partial charge in [-0.25, -0.2) is 4.39 Å². The van der Waals surface area contributed by atoms with Crippen LogP contribution in [0.5, 0.6) is 0 Å². The van der Waals surface area contributed by atoms with Gasteiger partial charge in [-0.1, -0.05) is 12.1 Å². The summed E-state index contributed by atoms with van der Waals surface area (Å²) in [5, 5.41) is 0. The molecule has 1 amide bonds. The van der Waals surface area contributed by atoms with Crippen molar-refractivity contribution in [2.75, 3.05) is 0 Å². The Hall–Kier alpha value is -1.38. The van der Waals surface area contributed by atoms with Gasteiger partial charge in [0.1, 0.15) is 5.82 Å². The van der Waals surface area contributed by atoms with Gasteiger partial charge in [0.25, 0.3) is 0 Å². The van der Waals surface area contributed by atoms with Crippen molar-refractivity contribution in [1.29, 1.82) is 0 Å². The summed E-state index contributed by atoms with van der Waals surface area (Å²) in [6, 6.07) is 6.37. The van der Waals surface area contributed by atoms with Crippen molar-refractivity contribution in [2.24, 2.45) is 11.7 Å². The second-order valence-electron chi connectivity index (χ2n) is 4.17. The van der Waals surface area contributed by atoms with Crippen LogP contribution in [0.2, 0.25) is 0 Å². The van der Waals surface area contributed by atoms with Crippen LogP contribution in [0.3, 0.4) is 0 Å². The molecule has 2 N–H and O–H groups in total. The molecule has 2 rings (SSSR count). The lowest BCUT2D eigenvalue weighted by Gasteiger charge is -2.14. The van der Waals surface area contributed by atoms with E-state index in [-0.39, 0.29) is 17.6 Å². The van der Waals surface area contributed by atoms with E-state index in [1.54, 1.807) is 12.1 Å². The third-order valence-electron chi connectivity index (χ3n) is 2.91. The predicted octanol–water partition coefficient (Wildman–Crippen LogP) is 2.19. The van der Waals surface area contributed by atoms with Crippen LogP contribution >= 0.6 is 0 Å². The summed E-state index contributed by atoms with van der Waals surface area (Å²) < 4.78 is 12.7. The predicted molar refractivity (Wildman–Crippen MR) is 55.7 cm³/mol. The van der Waals surface area contributed by atoms with Gasteiger partial charge < -0.3 is 5.73 Å². The molecule has 1 atom stereocenters. The van der Waals surface area contributed by atoms with Crippen LogP contribution in [-0.2, 0) is 4.79 Å². The first kappa shape index (κ1) is 10.1. The standard InChI is InChI=1S/C12H14FNO/c13-10-5-3-9(4-6-10)11(7-12(14)15)8-1-2-8/h3-6,8,11H,1-2,7H2,(H2,14,15)/t11-/m1/s1. The lowest BCUT2D eigenvalue weighted by molar-refractivity contribution is -0.118. The van der Waals surface area contributed by atoms with Gasteiger partial charge in [-0.05, 0) is 42.4 Å². The fourth-order valence-corrected chi connectivity index (χ4v) is 1.98. The van der Waals surface area contributed by atoms with E-state index in [0.717, 1.165) is 18.4 Å². The molecule has 1 saturated carbocycles. The Morgan fingerprint density at radius 1 is 1.40 bits per heavy atom. The number of carbonyl (C=O) groups excluding carboxylic acids is 1. The van der Waals surface area contributed by atoms with Crippen LogP contribution in [0.4, 0.5) is 4.39 Å². The highest BCUT2D eigenvalue weighted by molar-refractivity contribution is 5.74. The number of nitrogens with two attached hydrogens (primary N) is 1. The minimum absolute atomic E-state index is 0.183. The van der Waals surface area contributed by atoms with E-state index in [4.69, 9.17) is 5.73 Å². The molecule has 1 aromatic carbocycles. The van der Waals surface area contributed by atoms with E-state index >= 15 is 0 Å². The largest absolute Gasteiger partial charge is 0.370 e. The fraction of sp³-hybridized carbons (Fsp3) is 0.417. The quantitative estimate of drug-likeness (QED) is 0.808. The number of amides is 1. The molecule has 0 aliphatic heterocycles. The highest BCUT2D eigenvalue weighted by atomic mass is 19.1. The van der Waals surface area contributed by atoms with E-state index in [1.165, 1.54) is 12.1 Å². The third kappa shape index (κ3) is 2.55. The molecule has 2 nitrogen and oxygen atoms in total. The molecular weight excluding hydrogens is 193 g/mol. The van der Waals surface area contributed by atoms with Crippen molar-refractivity contribution in [3.05, 3.63) is 35.6 Å². The smallest absolute Gasteiger partial charge is 0.218 e. The summed E-state index contributed by atoms with van der Waals surface area (Å²) in [5.74, 6) is 0.217. The van der Waals surface area contributed by atoms with E-state index in [2.05, 4.69) is 0 Å². The van der Waals surface area contributed by atoms with Gasteiger partial charge >= 0.3 is 0 Å². The molecule has 1 fully saturated rings. The second kappa shape index (κ2) is 4.01. The Morgan fingerprint density at radius 3 is 2.47 bits per heavy atom. The Bertz CT molecular complexity index is 356. The lowest BCUT2D eigenvalue weighted by Crippen LogP contribution is -2.16. The van der Waals surface area contributed by atoms with Crippen LogP contribution in [0.15, 0.2) is 24.3 Å². The minimum atomic E-state index is -0.281. The second-order valence-corrected chi connectivity index (χ2v) is 4.17. The maximum Gasteiger partial charge on any atom is 0.218 e. The molecule has 15 heavy (non-hydrogen) atoms. The molecular formula is C12H14FNO. The molecule has 0 heterocycles. The molecule has 0 radical (unpaired) electrons. The first-order valence-corrected chi connectivity index (χ1v) is 5.20. The first-order valence-electron chi connectivity index (χ1n) is 5.20. The maximum atomic E-state index is 12.7. The molecule has 1 aliphatic carbocycles. The van der Waals surface area contributed by atoms with Crippen LogP contribution in [0.25, 0.3) is 0 Å². The maximum absolute atomic E-state index is 12.7. The van der Waals surface area contributed by atoms with E-state index in [9.17, 15) is 9.18 Å². The van der Waals surface area contributed by atoms with Crippen molar-refractivity contribution in [2.45, 2.75) is 25.2 Å². The number of carbonyl (C=O) groups is 1. The van der Waals surface area contributed by atoms with Gasteiger partial charge in [-0.15, -0.1) is 0 Å². The Morgan fingerprint density at radius 2 is 2.00 bits per heavy atom. The van der Waals surface area contributed by atoms with E-state index in [1.807, 2.05) is 0 Å². The summed E-state index contributed by atoms with van der Waals surface area (Å²) >= 11 is 0. The van der Waals surface area contributed by atoms with Crippen molar-refractivity contribution < 1.29 is 9.18 Å². The van der Waals surface area contributed by atoms with Crippen molar-refractivity contribution in [3.63, 3.8) is 0 Å². The van der Waals surface area contributed by atoms with Gasteiger partial charge in [0.15, 0.2) is 0 Å². The first-order chi connectivity index (χ1) is 7.16. The summed E-state index contributed by atoms with van der Waals surface area (Å²) in [4.78, 5) is 10.9. The Balaban J connectivity index is 2.16. The van der Waals surface area contributed by atoms with Crippen molar-refractivity contribution in [3.8, 4) is 0 Å². The number of hydrogen-bond donors (Lipinski definition) is 1. The zero-order valence-electron chi connectivity index (χ0n) is 8.45. The summed E-state index contributed by atoms with van der Waals surface area (Å²) in [5.41, 5.74) is 6.24. The Labute approximate surface area is 88.3 Å². The number of benzene rings is 1. The molecule has 0 unspecified atom stereocenters. The van der Waals surface area contributed by atoms with Gasteiger partial charge in [0.05, 0.1) is 0 Å². The molecule has 1 aromatic rings. The third-order valence-corrected chi connectivity index (χ3v) is 2.91. The molecule has 0 saturated heterocycles. The highest BCUT2D eigenvalue weighted by Crippen LogP contribution is 2.44. The zero-order chi connectivity index (χ0) is 10.8. The van der Waals surface area contributed by atoms with Crippen molar-refractivity contribution in [1.82, 2.24) is 0 Å². The average Bonchev–Trinajstić information content (AvgIpc) is 2.99. The topological polar surface area (TPSA) is 43.1 Å². The fourth-order valence-electron chi connectivity index (χ4n) is 1.98. The molecule has 0 bridgehead atoms. The van der Waals surface area contributed by atoms with Crippen molar-refractivity contribution >= 4 is 5.91 Å². The minimum Gasteiger partial charge on any atom is -0.370 e. The molecule has 0 aromatic heterocycles. The van der Waals surface area contributed by atoms with Gasteiger partial charge in [-0.3, -0.25) is 4.79 Å². The van der Waals surface area contributed by atoms with Gasteiger partial charge in [0, 0.05) is 6.42 Å². The molecule has 3 heteroatoms. The number of primary amides is 1. The number of rotatable bonds is 4. The summed E-state index contributed by atoms with van der Waals surface area (Å²) in [7, 11) is 0. The molecule has 0 spiro atoms.